The highest BCUT2D eigenvalue weighted by Gasteiger charge is 2.26. The number of hydrogen-bond donors (Lipinski definition) is 1. The molecule has 0 aromatic heterocycles. The van der Waals surface area contributed by atoms with Crippen molar-refractivity contribution in [1.82, 2.24) is 5.32 Å². The molecule has 0 saturated heterocycles. The maximum absolute atomic E-state index is 13.6. The molecule has 37 heavy (non-hydrogen) atoms. The number of hydrogen-bond acceptors (Lipinski definition) is 5. The smallest absolute Gasteiger partial charge is 0.376 e. The largest absolute Gasteiger partial charge is 0.490 e. The minimum absolute atomic E-state index is 0.0165. The molecule has 0 aliphatic rings. The summed E-state index contributed by atoms with van der Waals surface area (Å²) in [5, 5.41) is 3.20. The molecule has 7 heteroatoms. The number of anilines is 1. The SMILES string of the molecule is C=CCOc1ccc(N(C)C(=O)C(Cc2ccccc2)NC[N+](C=O)=C(C=O)c2ccccc2C)cc1. The van der Waals surface area contributed by atoms with Crippen LogP contribution in [0.3, 0.4) is 0 Å². The molecule has 3 rings (SSSR count). The third kappa shape index (κ3) is 7.32. The Labute approximate surface area is 217 Å². The standard InChI is InChI=1S/C30H32N3O4/c1-4-18-37-26-16-14-25(15-17-26)32(3)30(36)28(19-24-11-6-5-7-12-24)31-21-33(22-35)29(20-34)27-13-9-8-10-23(27)2/h4-17,20,22,28,31H,1,18-19,21H2,2-3H3/q+1. The third-order valence-electron chi connectivity index (χ3n) is 5.98. The van der Waals surface area contributed by atoms with Gasteiger partial charge in [0.05, 0.1) is 11.6 Å². The molecule has 3 aromatic carbocycles. The molecule has 2 amide bonds. The van der Waals surface area contributed by atoms with Crippen molar-refractivity contribution in [2.24, 2.45) is 0 Å². The quantitative estimate of drug-likeness (QED) is 0.128. The minimum atomic E-state index is -0.656. The molecule has 0 radical (unpaired) electrons. The number of aldehydes is 1. The van der Waals surface area contributed by atoms with E-state index < -0.39 is 6.04 Å². The number of nitrogens with zero attached hydrogens (tertiary/aromatic N) is 2. The zero-order chi connectivity index (χ0) is 26.6. The molecule has 1 N–H and O–H groups in total. The number of ether oxygens (including phenoxy) is 1. The van der Waals surface area contributed by atoms with E-state index in [1.165, 1.54) is 4.58 Å². The summed E-state index contributed by atoms with van der Waals surface area (Å²) >= 11 is 0. The van der Waals surface area contributed by atoms with Crippen molar-refractivity contribution >= 4 is 30.0 Å². The van der Waals surface area contributed by atoms with Crippen molar-refractivity contribution in [3.63, 3.8) is 0 Å². The van der Waals surface area contributed by atoms with Crippen molar-refractivity contribution in [3.05, 3.63) is 108 Å². The number of aryl methyl sites for hydroxylation is 1. The Morgan fingerprint density at radius 1 is 1.03 bits per heavy atom. The summed E-state index contributed by atoms with van der Waals surface area (Å²) in [6, 6.07) is 23.5. The van der Waals surface area contributed by atoms with Gasteiger partial charge in [0, 0.05) is 12.7 Å². The van der Waals surface area contributed by atoms with Crippen molar-refractivity contribution in [2.75, 3.05) is 25.2 Å². The molecule has 0 spiro atoms. The van der Waals surface area contributed by atoms with Gasteiger partial charge in [-0.15, -0.1) is 4.58 Å². The molecule has 7 nitrogen and oxygen atoms in total. The van der Waals surface area contributed by atoms with Crippen LogP contribution in [0.1, 0.15) is 16.7 Å². The Bertz CT molecular complexity index is 1250. The average Bonchev–Trinajstić information content (AvgIpc) is 2.94. The fourth-order valence-electron chi connectivity index (χ4n) is 3.91. The van der Waals surface area contributed by atoms with Crippen LogP contribution in [-0.2, 0) is 20.8 Å². The second kappa shape index (κ2) is 13.7. The predicted molar refractivity (Wildman–Crippen MR) is 145 cm³/mol. The van der Waals surface area contributed by atoms with E-state index in [4.69, 9.17) is 4.74 Å². The van der Waals surface area contributed by atoms with Crippen molar-refractivity contribution in [3.8, 4) is 5.75 Å². The molecule has 0 saturated carbocycles. The van der Waals surface area contributed by atoms with Gasteiger partial charge in [0.1, 0.15) is 12.4 Å². The molecule has 190 valence electrons. The monoisotopic (exact) mass is 498 g/mol. The van der Waals surface area contributed by atoms with Gasteiger partial charge in [0.25, 0.3) is 5.71 Å². The van der Waals surface area contributed by atoms with Crippen LogP contribution in [0.15, 0.2) is 91.5 Å². The number of nitrogens with one attached hydrogen (secondary N) is 1. The van der Waals surface area contributed by atoms with E-state index in [0.29, 0.717) is 42.7 Å². The van der Waals surface area contributed by atoms with Crippen LogP contribution < -0.4 is 15.0 Å². The number of carbonyl (C=O) groups excluding carboxylic acids is 3. The Kier molecular flexibility index (Phi) is 10.0. The van der Waals surface area contributed by atoms with E-state index >= 15 is 0 Å². The molecule has 3 aromatic rings. The van der Waals surface area contributed by atoms with Crippen LogP contribution in [0, 0.1) is 6.92 Å². The fourth-order valence-corrected chi connectivity index (χ4v) is 3.91. The van der Waals surface area contributed by atoms with Gasteiger partial charge >= 0.3 is 6.41 Å². The molecular formula is C30H32N3O4+. The molecule has 0 aliphatic carbocycles. The summed E-state index contributed by atoms with van der Waals surface area (Å²) in [7, 11) is 1.70. The van der Waals surface area contributed by atoms with Crippen LogP contribution in [0.4, 0.5) is 5.69 Å². The van der Waals surface area contributed by atoms with Gasteiger partial charge in [0.15, 0.2) is 0 Å². The zero-order valence-corrected chi connectivity index (χ0v) is 21.2. The van der Waals surface area contributed by atoms with Crippen LogP contribution in [0.5, 0.6) is 5.75 Å². The first-order valence-corrected chi connectivity index (χ1v) is 12.0. The Morgan fingerprint density at radius 2 is 1.70 bits per heavy atom. The van der Waals surface area contributed by atoms with Crippen LogP contribution in [0.2, 0.25) is 0 Å². The van der Waals surface area contributed by atoms with E-state index in [9.17, 15) is 14.4 Å². The number of amides is 2. The van der Waals surface area contributed by atoms with Gasteiger partial charge in [-0.25, -0.2) is 10.1 Å². The first-order chi connectivity index (χ1) is 18.0. The Morgan fingerprint density at radius 3 is 2.32 bits per heavy atom. The molecule has 0 heterocycles. The van der Waals surface area contributed by atoms with Gasteiger partial charge in [-0.05, 0) is 54.8 Å². The number of carbonyl (C=O) groups is 3. The second-order valence-electron chi connectivity index (χ2n) is 8.49. The summed E-state index contributed by atoms with van der Waals surface area (Å²) in [6.45, 7) is 5.89. The van der Waals surface area contributed by atoms with Crippen molar-refractivity contribution in [2.45, 2.75) is 19.4 Å². The lowest BCUT2D eigenvalue weighted by Crippen LogP contribution is -2.49. The van der Waals surface area contributed by atoms with Crippen LogP contribution in [0.25, 0.3) is 0 Å². The molecule has 0 fully saturated rings. The summed E-state index contributed by atoms with van der Waals surface area (Å²) in [6.07, 6.45) is 3.32. The number of rotatable bonds is 13. The molecule has 0 bridgehead atoms. The highest BCUT2D eigenvalue weighted by molar-refractivity contribution is 6.34. The Hall–Kier alpha value is -4.36. The maximum Gasteiger partial charge on any atom is 0.376 e. The summed E-state index contributed by atoms with van der Waals surface area (Å²) < 4.78 is 6.81. The van der Waals surface area contributed by atoms with Crippen LogP contribution >= 0.6 is 0 Å². The maximum atomic E-state index is 13.6. The molecule has 0 aliphatic heterocycles. The lowest BCUT2D eigenvalue weighted by molar-refractivity contribution is -0.438. The molecule has 1 unspecified atom stereocenters. The van der Waals surface area contributed by atoms with Gasteiger partial charge in [-0.2, -0.15) is 0 Å². The topological polar surface area (TPSA) is 78.7 Å². The van der Waals surface area contributed by atoms with Crippen LogP contribution in [-0.4, -0.2) is 55.3 Å². The lowest BCUT2D eigenvalue weighted by Gasteiger charge is -2.24. The second-order valence-corrected chi connectivity index (χ2v) is 8.49. The Balaban J connectivity index is 1.86. The first kappa shape index (κ1) is 27.2. The third-order valence-corrected chi connectivity index (χ3v) is 5.98. The minimum Gasteiger partial charge on any atom is -0.490 e. The normalized spacial score (nSPS) is 12.2. The van der Waals surface area contributed by atoms with Gasteiger partial charge in [0.2, 0.25) is 18.9 Å². The van der Waals surface area contributed by atoms with Gasteiger partial charge < -0.3 is 9.64 Å². The molecular weight excluding hydrogens is 466 g/mol. The van der Waals surface area contributed by atoms with E-state index in [0.717, 1.165) is 11.1 Å². The summed E-state index contributed by atoms with van der Waals surface area (Å²) in [5.41, 5.74) is 3.42. The summed E-state index contributed by atoms with van der Waals surface area (Å²) in [4.78, 5) is 39.1. The van der Waals surface area contributed by atoms with Crippen molar-refractivity contribution in [1.29, 1.82) is 0 Å². The highest BCUT2D eigenvalue weighted by Crippen LogP contribution is 2.20. The predicted octanol–water partition coefficient (Wildman–Crippen LogP) is 3.54. The van der Waals surface area contributed by atoms with Crippen molar-refractivity contribution < 1.29 is 23.7 Å². The lowest BCUT2D eigenvalue weighted by atomic mass is 10.0. The molecule has 1 atom stereocenters. The van der Waals surface area contributed by atoms with E-state index in [2.05, 4.69) is 11.9 Å². The summed E-state index contributed by atoms with van der Waals surface area (Å²) in [5.74, 6) is 0.497. The van der Waals surface area contributed by atoms with Gasteiger partial charge in [-0.3, -0.25) is 9.59 Å². The highest BCUT2D eigenvalue weighted by atomic mass is 16.5. The first-order valence-electron chi connectivity index (χ1n) is 12.0. The zero-order valence-electron chi connectivity index (χ0n) is 21.2. The number of likely N-dealkylation sites (N-methyl/N-ethyl adjacent to an activating group) is 1. The average molecular weight is 499 g/mol. The van der Waals surface area contributed by atoms with Gasteiger partial charge in [-0.1, -0.05) is 61.2 Å². The van der Waals surface area contributed by atoms with E-state index in [-0.39, 0.29) is 18.3 Å². The van der Waals surface area contributed by atoms with E-state index in [1.807, 2.05) is 67.6 Å². The number of benzene rings is 3. The van der Waals surface area contributed by atoms with E-state index in [1.54, 1.807) is 36.2 Å². The fraction of sp³-hybridized carbons (Fsp3) is 0.200.